The summed E-state index contributed by atoms with van der Waals surface area (Å²) in [6.45, 7) is 0. The Bertz CT molecular complexity index is 1210. The predicted octanol–water partition coefficient (Wildman–Crippen LogP) is 5.30. The molecule has 0 N–H and O–H groups in total. The van der Waals surface area contributed by atoms with E-state index in [1.54, 1.807) is 7.11 Å². The minimum Gasteiger partial charge on any atom is -0.497 e. The van der Waals surface area contributed by atoms with Gasteiger partial charge in [0.25, 0.3) is 0 Å². The van der Waals surface area contributed by atoms with E-state index >= 15 is 0 Å². The second-order valence-electron chi connectivity index (χ2n) is 8.32. The van der Waals surface area contributed by atoms with Crippen molar-refractivity contribution in [2.24, 2.45) is 0 Å². The quantitative estimate of drug-likeness (QED) is 0.462. The van der Waals surface area contributed by atoms with Gasteiger partial charge in [0.05, 0.1) is 29.6 Å². The molecule has 5 nitrogen and oxygen atoms in total. The molecule has 6 rings (SSSR count). The van der Waals surface area contributed by atoms with Crippen LogP contribution in [0.25, 0.3) is 22.6 Å². The number of ether oxygens (including phenoxy) is 1. The number of fused-ring (bicyclic) bond motifs is 7. The normalized spacial score (nSPS) is 16.4. The van der Waals surface area contributed by atoms with Crippen LogP contribution in [0.2, 0.25) is 0 Å². The fraction of sp³-hybridized carbons (Fsp3) is 0.280. The van der Waals surface area contributed by atoms with Gasteiger partial charge in [0.1, 0.15) is 11.4 Å². The van der Waals surface area contributed by atoms with Crippen LogP contribution in [0.1, 0.15) is 43.5 Å². The maximum absolute atomic E-state index is 5.37. The number of para-hydroxylation sites is 2. The van der Waals surface area contributed by atoms with Gasteiger partial charge in [-0.2, -0.15) is 0 Å². The molecule has 0 unspecified atom stereocenters. The Kier molecular flexibility index (Phi) is 3.85. The predicted molar refractivity (Wildman–Crippen MR) is 117 cm³/mol. The van der Waals surface area contributed by atoms with Crippen LogP contribution < -0.4 is 4.74 Å². The van der Waals surface area contributed by atoms with Gasteiger partial charge in [0, 0.05) is 17.5 Å². The molecule has 0 radical (unpaired) electrons. The number of benzene rings is 2. The molecule has 1 saturated carbocycles. The zero-order valence-corrected chi connectivity index (χ0v) is 17.1. The van der Waals surface area contributed by atoms with Crippen LogP contribution in [-0.4, -0.2) is 26.7 Å². The number of aromatic nitrogens is 4. The van der Waals surface area contributed by atoms with Crippen molar-refractivity contribution in [3.63, 3.8) is 0 Å². The highest BCUT2D eigenvalue weighted by Gasteiger charge is 2.45. The lowest BCUT2D eigenvalue weighted by Gasteiger charge is -2.37. The van der Waals surface area contributed by atoms with Crippen LogP contribution >= 0.6 is 0 Å². The van der Waals surface area contributed by atoms with Gasteiger partial charge in [-0.05, 0) is 61.4 Å². The van der Waals surface area contributed by atoms with Gasteiger partial charge in [0.15, 0.2) is 0 Å². The van der Waals surface area contributed by atoms with Crippen molar-refractivity contribution < 1.29 is 4.74 Å². The summed E-state index contributed by atoms with van der Waals surface area (Å²) in [6.07, 6.45) is 8.14. The van der Waals surface area contributed by atoms with E-state index < -0.39 is 0 Å². The second-order valence-corrected chi connectivity index (χ2v) is 8.32. The Balaban J connectivity index is 1.68. The standard InChI is InChI=1S/C25H24N4O/c1-30-19-13-11-18(12-14-19)23-24-25(15-5-2-6-16-25)22-10-7-17-28(22)20-8-3-4-9-21(20)29(24)27-26-23/h3-4,7-14,17H,2,5-6,15-16H2,1H3. The minimum absolute atomic E-state index is 0.0977. The molecular formula is C25H24N4O. The highest BCUT2D eigenvalue weighted by atomic mass is 16.5. The molecule has 5 heteroatoms. The summed E-state index contributed by atoms with van der Waals surface area (Å²) in [5, 5.41) is 9.45. The van der Waals surface area contributed by atoms with E-state index in [4.69, 9.17) is 15.0 Å². The van der Waals surface area contributed by atoms with Crippen LogP contribution in [0.5, 0.6) is 5.75 Å². The smallest absolute Gasteiger partial charge is 0.118 e. The van der Waals surface area contributed by atoms with Gasteiger partial charge >= 0.3 is 0 Å². The van der Waals surface area contributed by atoms with Crippen molar-refractivity contribution in [3.05, 3.63) is 78.2 Å². The summed E-state index contributed by atoms with van der Waals surface area (Å²) in [6, 6.07) is 21.2. The first-order valence-corrected chi connectivity index (χ1v) is 10.7. The highest BCUT2D eigenvalue weighted by Crippen LogP contribution is 2.50. The Hall–Kier alpha value is -3.34. The Morgan fingerprint density at radius 1 is 0.867 bits per heavy atom. The van der Waals surface area contributed by atoms with Crippen molar-refractivity contribution in [1.82, 2.24) is 19.6 Å². The van der Waals surface area contributed by atoms with Gasteiger partial charge in [-0.1, -0.05) is 36.6 Å². The van der Waals surface area contributed by atoms with E-state index in [1.807, 2.05) is 12.1 Å². The molecule has 0 atom stereocenters. The minimum atomic E-state index is -0.0977. The molecule has 0 bridgehead atoms. The maximum atomic E-state index is 5.37. The van der Waals surface area contributed by atoms with Crippen molar-refractivity contribution in [2.75, 3.05) is 7.11 Å². The second kappa shape index (κ2) is 6.59. The number of hydrogen-bond acceptors (Lipinski definition) is 3. The monoisotopic (exact) mass is 396 g/mol. The van der Waals surface area contributed by atoms with Crippen molar-refractivity contribution in [1.29, 1.82) is 0 Å². The topological polar surface area (TPSA) is 44.9 Å². The van der Waals surface area contributed by atoms with Gasteiger partial charge in [0.2, 0.25) is 0 Å². The average Bonchev–Trinajstić information content (AvgIpc) is 3.46. The lowest BCUT2D eigenvalue weighted by molar-refractivity contribution is 0.326. The van der Waals surface area contributed by atoms with Gasteiger partial charge in [-0.3, -0.25) is 0 Å². The molecule has 0 saturated heterocycles. The highest BCUT2D eigenvalue weighted by molar-refractivity contribution is 5.69. The first-order valence-electron chi connectivity index (χ1n) is 10.7. The lowest BCUT2D eigenvalue weighted by atomic mass is 9.68. The van der Waals surface area contributed by atoms with E-state index in [9.17, 15) is 0 Å². The number of rotatable bonds is 2. The summed E-state index contributed by atoms with van der Waals surface area (Å²) >= 11 is 0. The van der Waals surface area contributed by atoms with E-state index in [0.29, 0.717) is 0 Å². The molecule has 4 aromatic rings. The number of methoxy groups -OCH3 is 1. The zero-order chi connectivity index (χ0) is 20.1. The molecule has 2 aliphatic rings. The van der Waals surface area contributed by atoms with Crippen LogP contribution in [-0.2, 0) is 5.41 Å². The molecule has 150 valence electrons. The van der Waals surface area contributed by atoms with E-state index in [1.165, 1.54) is 30.7 Å². The number of nitrogens with zero attached hydrogens (tertiary/aromatic N) is 4. The molecule has 1 fully saturated rings. The average molecular weight is 396 g/mol. The van der Waals surface area contributed by atoms with E-state index in [2.05, 4.69) is 64.0 Å². The van der Waals surface area contributed by atoms with Crippen molar-refractivity contribution in [2.45, 2.75) is 37.5 Å². The third kappa shape index (κ3) is 2.35. The first-order chi connectivity index (χ1) is 14.8. The molecule has 30 heavy (non-hydrogen) atoms. The summed E-state index contributed by atoms with van der Waals surface area (Å²) in [4.78, 5) is 0. The molecule has 3 heterocycles. The van der Waals surface area contributed by atoms with Gasteiger partial charge < -0.3 is 9.30 Å². The zero-order valence-electron chi connectivity index (χ0n) is 17.1. The molecular weight excluding hydrogens is 372 g/mol. The molecule has 1 aliphatic heterocycles. The van der Waals surface area contributed by atoms with Gasteiger partial charge in [-0.25, -0.2) is 4.68 Å². The first kappa shape index (κ1) is 17.5. The van der Waals surface area contributed by atoms with Crippen LogP contribution in [0.3, 0.4) is 0 Å². The summed E-state index contributed by atoms with van der Waals surface area (Å²) in [7, 11) is 1.70. The molecule has 0 amide bonds. The molecule has 2 aromatic heterocycles. The van der Waals surface area contributed by atoms with Crippen molar-refractivity contribution >= 4 is 0 Å². The number of hydrogen-bond donors (Lipinski definition) is 0. The third-order valence-electron chi connectivity index (χ3n) is 6.80. The fourth-order valence-electron chi connectivity index (χ4n) is 5.42. The Morgan fingerprint density at radius 3 is 2.40 bits per heavy atom. The van der Waals surface area contributed by atoms with E-state index in [-0.39, 0.29) is 5.41 Å². The van der Waals surface area contributed by atoms with Crippen LogP contribution in [0.4, 0.5) is 0 Å². The maximum Gasteiger partial charge on any atom is 0.118 e. The molecule has 2 aromatic carbocycles. The molecule has 1 aliphatic carbocycles. The fourth-order valence-corrected chi connectivity index (χ4v) is 5.42. The summed E-state index contributed by atoms with van der Waals surface area (Å²) in [5.41, 5.74) is 6.78. The molecule has 1 spiro atoms. The largest absolute Gasteiger partial charge is 0.497 e. The van der Waals surface area contributed by atoms with Crippen molar-refractivity contribution in [3.8, 4) is 28.4 Å². The third-order valence-corrected chi connectivity index (χ3v) is 6.80. The lowest BCUT2D eigenvalue weighted by Crippen LogP contribution is -2.34. The van der Waals surface area contributed by atoms with E-state index in [0.717, 1.165) is 41.2 Å². The SMILES string of the molecule is COc1ccc(-c2nnn3c2C2(CCCCC2)c2cccn2-c2ccccc2-3)cc1. The van der Waals surface area contributed by atoms with Crippen LogP contribution in [0, 0.1) is 0 Å². The Morgan fingerprint density at radius 2 is 1.63 bits per heavy atom. The van der Waals surface area contributed by atoms with Crippen LogP contribution in [0.15, 0.2) is 66.9 Å². The summed E-state index contributed by atoms with van der Waals surface area (Å²) in [5.74, 6) is 0.851. The Labute approximate surface area is 175 Å². The van der Waals surface area contributed by atoms with Gasteiger partial charge in [-0.15, -0.1) is 5.10 Å². The summed E-state index contributed by atoms with van der Waals surface area (Å²) < 4.78 is 9.84.